The first kappa shape index (κ1) is 17.2. The van der Waals surface area contributed by atoms with Crippen LogP contribution in [0, 0.1) is 5.92 Å². The van der Waals surface area contributed by atoms with Crippen LogP contribution in [0.3, 0.4) is 0 Å². The van der Waals surface area contributed by atoms with E-state index >= 15 is 0 Å². The summed E-state index contributed by atoms with van der Waals surface area (Å²) in [5, 5.41) is 3.15. The minimum absolute atomic E-state index is 0.104. The fourth-order valence-electron chi connectivity index (χ4n) is 3.77. The lowest BCUT2D eigenvalue weighted by atomic mass is 9.99. The van der Waals surface area contributed by atoms with Gasteiger partial charge in [-0.3, -0.25) is 4.90 Å². The van der Waals surface area contributed by atoms with E-state index in [9.17, 15) is 4.79 Å². The van der Waals surface area contributed by atoms with Crippen molar-refractivity contribution in [3.05, 3.63) is 35.9 Å². The number of piperazine rings is 1. The highest BCUT2D eigenvalue weighted by molar-refractivity contribution is 5.74. The van der Waals surface area contributed by atoms with Gasteiger partial charge in [-0.15, -0.1) is 0 Å². The van der Waals surface area contributed by atoms with E-state index in [1.807, 2.05) is 4.90 Å². The Kier molecular flexibility index (Phi) is 5.74. The van der Waals surface area contributed by atoms with Gasteiger partial charge in [0, 0.05) is 45.3 Å². The van der Waals surface area contributed by atoms with E-state index in [0.717, 1.165) is 52.1 Å². The molecule has 1 aromatic rings. The molecule has 3 rings (SSSR count). The molecule has 24 heavy (non-hydrogen) atoms. The van der Waals surface area contributed by atoms with Crippen LogP contribution in [0.4, 0.5) is 4.79 Å². The van der Waals surface area contributed by atoms with Crippen LogP contribution in [-0.2, 0) is 6.42 Å². The van der Waals surface area contributed by atoms with Gasteiger partial charge in [0.2, 0.25) is 0 Å². The number of hydrogen-bond donors (Lipinski definition) is 1. The van der Waals surface area contributed by atoms with E-state index in [1.54, 1.807) is 0 Å². The Labute approximate surface area is 145 Å². The molecule has 5 nitrogen and oxygen atoms in total. The quantitative estimate of drug-likeness (QED) is 0.909. The predicted octanol–water partition coefficient (Wildman–Crippen LogP) is 1.51. The van der Waals surface area contributed by atoms with Crippen LogP contribution in [-0.4, -0.2) is 80.1 Å². The number of urea groups is 1. The monoisotopic (exact) mass is 330 g/mol. The summed E-state index contributed by atoms with van der Waals surface area (Å²) in [5.74, 6) is 0.585. The van der Waals surface area contributed by atoms with Gasteiger partial charge in [-0.05, 0) is 38.4 Å². The van der Waals surface area contributed by atoms with Gasteiger partial charge in [-0.2, -0.15) is 0 Å². The first-order valence-corrected chi connectivity index (χ1v) is 9.07. The summed E-state index contributed by atoms with van der Waals surface area (Å²) in [7, 11) is 4.30. The number of benzene rings is 1. The minimum atomic E-state index is 0.104. The maximum Gasteiger partial charge on any atom is 0.317 e. The molecule has 0 aliphatic carbocycles. The smallest absolute Gasteiger partial charge is 0.317 e. The molecule has 2 fully saturated rings. The SMILES string of the molecule is CN1CCN(C)[C@H](CNC(=O)N2CC[C@H](Cc3ccccc3)C2)C1. The van der Waals surface area contributed by atoms with Crippen LogP contribution < -0.4 is 5.32 Å². The highest BCUT2D eigenvalue weighted by Gasteiger charge is 2.28. The Morgan fingerprint density at radius 3 is 2.71 bits per heavy atom. The summed E-state index contributed by atoms with van der Waals surface area (Å²) in [4.78, 5) is 19.1. The Morgan fingerprint density at radius 2 is 1.92 bits per heavy atom. The average molecular weight is 330 g/mol. The molecule has 2 saturated heterocycles. The molecule has 2 atom stereocenters. The average Bonchev–Trinajstić information content (AvgIpc) is 3.05. The van der Waals surface area contributed by atoms with Crippen molar-refractivity contribution in [3.8, 4) is 0 Å². The normalized spacial score (nSPS) is 25.8. The van der Waals surface area contributed by atoms with E-state index in [0.29, 0.717) is 12.0 Å². The molecular weight excluding hydrogens is 300 g/mol. The number of rotatable bonds is 4. The van der Waals surface area contributed by atoms with E-state index in [4.69, 9.17) is 0 Å². The van der Waals surface area contributed by atoms with Gasteiger partial charge in [0.1, 0.15) is 0 Å². The maximum atomic E-state index is 12.5. The maximum absolute atomic E-state index is 12.5. The minimum Gasteiger partial charge on any atom is -0.336 e. The molecule has 2 aliphatic rings. The second-order valence-corrected chi connectivity index (χ2v) is 7.37. The fourth-order valence-corrected chi connectivity index (χ4v) is 3.77. The highest BCUT2D eigenvalue weighted by atomic mass is 16.2. The summed E-state index contributed by atoms with van der Waals surface area (Å²) >= 11 is 0. The summed E-state index contributed by atoms with van der Waals surface area (Å²) in [6, 6.07) is 11.1. The number of amides is 2. The summed E-state index contributed by atoms with van der Waals surface area (Å²) in [6.45, 7) is 5.69. The molecule has 2 aliphatic heterocycles. The molecule has 2 amide bonds. The molecule has 0 unspecified atom stereocenters. The third-order valence-electron chi connectivity index (χ3n) is 5.41. The summed E-state index contributed by atoms with van der Waals surface area (Å²) in [5.41, 5.74) is 1.37. The molecule has 5 heteroatoms. The molecule has 132 valence electrons. The van der Waals surface area contributed by atoms with Crippen LogP contribution in [0.1, 0.15) is 12.0 Å². The number of carbonyl (C=O) groups excluding carboxylic acids is 1. The van der Waals surface area contributed by atoms with Crippen LogP contribution in [0.15, 0.2) is 30.3 Å². The molecule has 1 N–H and O–H groups in total. The van der Waals surface area contributed by atoms with Crippen molar-refractivity contribution >= 4 is 6.03 Å². The lowest BCUT2D eigenvalue weighted by Gasteiger charge is -2.37. The van der Waals surface area contributed by atoms with Gasteiger partial charge in [-0.1, -0.05) is 30.3 Å². The molecule has 0 saturated carbocycles. The van der Waals surface area contributed by atoms with Crippen LogP contribution in [0.5, 0.6) is 0 Å². The first-order chi connectivity index (χ1) is 11.6. The van der Waals surface area contributed by atoms with E-state index < -0.39 is 0 Å². The van der Waals surface area contributed by atoms with Crippen molar-refractivity contribution in [1.82, 2.24) is 20.0 Å². The fraction of sp³-hybridized carbons (Fsp3) is 0.632. The Hall–Kier alpha value is -1.59. The second kappa shape index (κ2) is 7.99. The third kappa shape index (κ3) is 4.48. The van der Waals surface area contributed by atoms with Crippen molar-refractivity contribution in [2.24, 2.45) is 5.92 Å². The van der Waals surface area contributed by atoms with E-state index in [-0.39, 0.29) is 6.03 Å². The van der Waals surface area contributed by atoms with Gasteiger partial charge < -0.3 is 15.1 Å². The Bertz CT molecular complexity index is 535. The number of hydrogen-bond acceptors (Lipinski definition) is 3. The third-order valence-corrected chi connectivity index (χ3v) is 5.41. The molecule has 0 aromatic heterocycles. The van der Waals surface area contributed by atoms with Crippen molar-refractivity contribution < 1.29 is 4.79 Å². The Balaban J connectivity index is 1.43. The zero-order valence-electron chi connectivity index (χ0n) is 14.9. The van der Waals surface area contributed by atoms with E-state index in [2.05, 4.69) is 59.5 Å². The zero-order chi connectivity index (χ0) is 16.9. The number of likely N-dealkylation sites (N-methyl/N-ethyl adjacent to an activating group) is 2. The lowest BCUT2D eigenvalue weighted by molar-refractivity contribution is 0.113. The van der Waals surface area contributed by atoms with Gasteiger partial charge in [0.05, 0.1) is 0 Å². The second-order valence-electron chi connectivity index (χ2n) is 7.37. The number of likely N-dealkylation sites (tertiary alicyclic amines) is 1. The number of nitrogens with one attached hydrogen (secondary N) is 1. The molecule has 2 heterocycles. The van der Waals surface area contributed by atoms with Crippen LogP contribution in [0.25, 0.3) is 0 Å². The van der Waals surface area contributed by atoms with Gasteiger partial charge in [0.15, 0.2) is 0 Å². The Morgan fingerprint density at radius 1 is 1.12 bits per heavy atom. The van der Waals surface area contributed by atoms with Gasteiger partial charge >= 0.3 is 6.03 Å². The van der Waals surface area contributed by atoms with E-state index in [1.165, 1.54) is 5.56 Å². The van der Waals surface area contributed by atoms with Crippen LogP contribution in [0.2, 0.25) is 0 Å². The van der Waals surface area contributed by atoms with Crippen molar-refractivity contribution in [2.45, 2.75) is 18.9 Å². The number of carbonyl (C=O) groups is 1. The summed E-state index contributed by atoms with van der Waals surface area (Å²) < 4.78 is 0. The van der Waals surface area contributed by atoms with Crippen molar-refractivity contribution in [3.63, 3.8) is 0 Å². The van der Waals surface area contributed by atoms with Crippen LogP contribution >= 0.6 is 0 Å². The first-order valence-electron chi connectivity index (χ1n) is 9.07. The van der Waals surface area contributed by atoms with Crippen molar-refractivity contribution in [1.29, 1.82) is 0 Å². The predicted molar refractivity (Wildman–Crippen MR) is 97.1 cm³/mol. The zero-order valence-corrected chi connectivity index (χ0v) is 14.9. The van der Waals surface area contributed by atoms with Gasteiger partial charge in [-0.25, -0.2) is 4.79 Å². The molecule has 0 spiro atoms. The topological polar surface area (TPSA) is 38.8 Å². The van der Waals surface area contributed by atoms with Gasteiger partial charge in [0.25, 0.3) is 0 Å². The molecule has 0 bridgehead atoms. The standard InChI is InChI=1S/C19H30N4O/c1-21-10-11-22(2)18(15-21)13-20-19(24)23-9-8-17(14-23)12-16-6-4-3-5-7-16/h3-7,17-18H,8-15H2,1-2H3,(H,20,24)/t17-,18-/m1/s1. The van der Waals surface area contributed by atoms with Crippen molar-refractivity contribution in [2.75, 3.05) is 53.4 Å². The highest BCUT2D eigenvalue weighted by Crippen LogP contribution is 2.20. The largest absolute Gasteiger partial charge is 0.336 e. The molecule has 1 aromatic carbocycles. The molecular formula is C19H30N4O. The number of nitrogens with zero attached hydrogens (tertiary/aromatic N) is 3. The molecule has 0 radical (unpaired) electrons. The lowest BCUT2D eigenvalue weighted by Crippen LogP contribution is -2.55. The summed E-state index contributed by atoms with van der Waals surface area (Å²) in [6.07, 6.45) is 2.18.